The summed E-state index contributed by atoms with van der Waals surface area (Å²) >= 11 is 0. The molecule has 5 heteroatoms. The van der Waals surface area contributed by atoms with Crippen LogP contribution in [0, 0.1) is 5.82 Å². The van der Waals surface area contributed by atoms with Crippen molar-refractivity contribution in [3.63, 3.8) is 0 Å². The van der Waals surface area contributed by atoms with Gasteiger partial charge in [0, 0.05) is 17.5 Å². The van der Waals surface area contributed by atoms with Crippen LogP contribution in [0.25, 0.3) is 10.4 Å². The van der Waals surface area contributed by atoms with E-state index in [0.717, 1.165) is 5.56 Å². The first-order chi connectivity index (χ1) is 6.77. The predicted octanol–water partition coefficient (Wildman–Crippen LogP) is 2.69. The van der Waals surface area contributed by atoms with Crippen molar-refractivity contribution in [1.82, 2.24) is 0 Å². The van der Waals surface area contributed by atoms with Gasteiger partial charge in [-0.05, 0) is 23.6 Å². The number of methoxy groups -OCH3 is 1. The van der Waals surface area contributed by atoms with Crippen molar-refractivity contribution >= 4 is 0 Å². The molecule has 0 aliphatic heterocycles. The highest BCUT2D eigenvalue weighted by molar-refractivity contribution is 5.34. The molecule has 0 radical (unpaired) electrons. The zero-order valence-corrected chi connectivity index (χ0v) is 7.77. The summed E-state index contributed by atoms with van der Waals surface area (Å²) in [5, 5.41) is 3.40. The topological polar surface area (TPSA) is 58.0 Å². The zero-order valence-electron chi connectivity index (χ0n) is 7.77. The van der Waals surface area contributed by atoms with Crippen molar-refractivity contribution in [2.45, 2.75) is 6.42 Å². The van der Waals surface area contributed by atoms with Gasteiger partial charge in [-0.1, -0.05) is 11.2 Å². The van der Waals surface area contributed by atoms with Gasteiger partial charge in [0.1, 0.15) is 11.6 Å². The Kier molecular flexibility index (Phi) is 3.76. The number of hydrogen-bond acceptors (Lipinski definition) is 2. The Balaban J connectivity index is 2.79. The number of rotatable bonds is 4. The average molecular weight is 195 g/mol. The molecule has 0 fully saturated rings. The van der Waals surface area contributed by atoms with Crippen molar-refractivity contribution in [3.8, 4) is 5.75 Å². The summed E-state index contributed by atoms with van der Waals surface area (Å²) in [5.41, 5.74) is 8.92. The highest BCUT2D eigenvalue weighted by Crippen LogP contribution is 2.19. The van der Waals surface area contributed by atoms with Crippen LogP contribution in [0.15, 0.2) is 23.3 Å². The van der Waals surface area contributed by atoms with Crippen molar-refractivity contribution < 1.29 is 9.13 Å². The summed E-state index contributed by atoms with van der Waals surface area (Å²) < 4.78 is 17.7. The lowest BCUT2D eigenvalue weighted by atomic mass is 10.1. The van der Waals surface area contributed by atoms with E-state index in [-0.39, 0.29) is 5.82 Å². The summed E-state index contributed by atoms with van der Waals surface area (Å²) in [6.45, 7) is 0.346. The van der Waals surface area contributed by atoms with Gasteiger partial charge in [-0.2, -0.15) is 0 Å². The van der Waals surface area contributed by atoms with Gasteiger partial charge >= 0.3 is 0 Å². The highest BCUT2D eigenvalue weighted by Gasteiger charge is 2.03. The molecule has 0 amide bonds. The van der Waals surface area contributed by atoms with Crippen molar-refractivity contribution in [1.29, 1.82) is 0 Å². The molecule has 0 unspecified atom stereocenters. The first-order valence-electron chi connectivity index (χ1n) is 4.11. The molecule has 0 aliphatic rings. The van der Waals surface area contributed by atoms with Gasteiger partial charge in [0.05, 0.1) is 7.11 Å². The molecule has 4 nitrogen and oxygen atoms in total. The minimum atomic E-state index is -0.339. The average Bonchev–Trinajstić information content (AvgIpc) is 2.20. The second-order valence-electron chi connectivity index (χ2n) is 2.66. The number of benzene rings is 1. The fourth-order valence-electron chi connectivity index (χ4n) is 1.14. The Labute approximate surface area is 80.9 Å². The van der Waals surface area contributed by atoms with Crippen molar-refractivity contribution in [2.24, 2.45) is 5.11 Å². The molecule has 74 valence electrons. The van der Waals surface area contributed by atoms with Crippen LogP contribution in [-0.4, -0.2) is 13.7 Å². The predicted molar refractivity (Wildman–Crippen MR) is 50.7 cm³/mol. The SMILES string of the molecule is COc1cc(F)ccc1CCN=[N+]=[N-]. The normalized spacial score (nSPS) is 9.29. The Morgan fingerprint density at radius 2 is 2.36 bits per heavy atom. The number of hydrogen-bond donors (Lipinski definition) is 0. The fourth-order valence-corrected chi connectivity index (χ4v) is 1.14. The van der Waals surface area contributed by atoms with E-state index in [2.05, 4.69) is 10.0 Å². The summed E-state index contributed by atoms with van der Waals surface area (Å²) in [4.78, 5) is 2.63. The first kappa shape index (κ1) is 10.3. The molecule has 0 N–H and O–H groups in total. The lowest BCUT2D eigenvalue weighted by Gasteiger charge is -2.06. The molecule has 0 saturated carbocycles. The number of azide groups is 1. The van der Waals surface area contributed by atoms with E-state index in [1.165, 1.54) is 19.2 Å². The van der Waals surface area contributed by atoms with Gasteiger partial charge in [-0.15, -0.1) is 0 Å². The maximum Gasteiger partial charge on any atom is 0.126 e. The second-order valence-corrected chi connectivity index (χ2v) is 2.66. The molecule has 0 spiro atoms. The van der Waals surface area contributed by atoms with Crippen LogP contribution in [0.1, 0.15) is 5.56 Å². The molecule has 0 aromatic heterocycles. The van der Waals surface area contributed by atoms with Gasteiger partial charge in [0.15, 0.2) is 0 Å². The van der Waals surface area contributed by atoms with E-state index in [1.54, 1.807) is 6.07 Å². The van der Waals surface area contributed by atoms with Gasteiger partial charge in [-0.3, -0.25) is 0 Å². The van der Waals surface area contributed by atoms with E-state index in [9.17, 15) is 4.39 Å². The van der Waals surface area contributed by atoms with Gasteiger partial charge < -0.3 is 4.74 Å². The van der Waals surface area contributed by atoms with E-state index in [0.29, 0.717) is 18.7 Å². The van der Waals surface area contributed by atoms with Crippen LogP contribution in [0.4, 0.5) is 4.39 Å². The molecule has 0 bridgehead atoms. The smallest absolute Gasteiger partial charge is 0.126 e. The molecule has 0 aliphatic carbocycles. The maximum atomic E-state index is 12.8. The number of halogens is 1. The monoisotopic (exact) mass is 195 g/mol. The third-order valence-electron chi connectivity index (χ3n) is 1.79. The Morgan fingerprint density at radius 1 is 1.57 bits per heavy atom. The van der Waals surface area contributed by atoms with Gasteiger partial charge in [0.2, 0.25) is 0 Å². The number of ether oxygens (including phenoxy) is 1. The molecule has 1 rings (SSSR count). The standard InChI is InChI=1S/C9H10FN3O/c1-14-9-6-8(10)3-2-7(9)4-5-12-13-11/h2-3,6H,4-5H2,1H3. The highest BCUT2D eigenvalue weighted by atomic mass is 19.1. The van der Waals surface area contributed by atoms with Crippen LogP contribution < -0.4 is 4.74 Å². The molecule has 1 aromatic rings. The Bertz CT molecular complexity index is 361. The van der Waals surface area contributed by atoms with Crippen LogP contribution in [0.3, 0.4) is 0 Å². The van der Waals surface area contributed by atoms with Crippen molar-refractivity contribution in [3.05, 3.63) is 40.0 Å². The molecular weight excluding hydrogens is 185 g/mol. The zero-order chi connectivity index (χ0) is 10.4. The Morgan fingerprint density at radius 3 is 3.00 bits per heavy atom. The summed E-state index contributed by atoms with van der Waals surface area (Å²) in [7, 11) is 1.48. The van der Waals surface area contributed by atoms with Crippen molar-refractivity contribution in [2.75, 3.05) is 13.7 Å². The van der Waals surface area contributed by atoms with E-state index >= 15 is 0 Å². The third kappa shape index (κ3) is 2.64. The molecule has 0 saturated heterocycles. The minimum absolute atomic E-state index is 0.339. The maximum absolute atomic E-state index is 12.8. The van der Waals surface area contributed by atoms with E-state index < -0.39 is 0 Å². The van der Waals surface area contributed by atoms with E-state index in [1.807, 2.05) is 0 Å². The molecule has 0 heterocycles. The van der Waals surface area contributed by atoms with Crippen LogP contribution in [0.2, 0.25) is 0 Å². The second kappa shape index (κ2) is 5.09. The fraction of sp³-hybridized carbons (Fsp3) is 0.333. The molecule has 1 aromatic carbocycles. The molecule has 0 atom stereocenters. The minimum Gasteiger partial charge on any atom is -0.496 e. The summed E-state index contributed by atoms with van der Waals surface area (Å²) in [6.07, 6.45) is 0.549. The first-order valence-corrected chi connectivity index (χ1v) is 4.11. The van der Waals surface area contributed by atoms with Crippen LogP contribution in [0.5, 0.6) is 5.75 Å². The van der Waals surface area contributed by atoms with E-state index in [4.69, 9.17) is 10.3 Å². The Hall–Kier alpha value is -1.74. The lowest BCUT2D eigenvalue weighted by molar-refractivity contribution is 0.406. The van der Waals surface area contributed by atoms with Crippen LogP contribution in [-0.2, 0) is 6.42 Å². The van der Waals surface area contributed by atoms with Crippen LogP contribution >= 0.6 is 0 Å². The number of nitrogens with zero attached hydrogens (tertiary/aromatic N) is 3. The third-order valence-corrected chi connectivity index (χ3v) is 1.79. The van der Waals surface area contributed by atoms with Gasteiger partial charge in [-0.25, -0.2) is 4.39 Å². The quantitative estimate of drug-likeness (QED) is 0.414. The summed E-state index contributed by atoms with van der Waals surface area (Å²) in [6, 6.07) is 4.29. The molecule has 14 heavy (non-hydrogen) atoms. The summed E-state index contributed by atoms with van der Waals surface area (Å²) in [5.74, 6) is 0.146. The van der Waals surface area contributed by atoms with Gasteiger partial charge in [0.25, 0.3) is 0 Å². The molecular formula is C9H10FN3O. The lowest BCUT2D eigenvalue weighted by Crippen LogP contribution is -1.95. The largest absolute Gasteiger partial charge is 0.496 e.